The lowest BCUT2D eigenvalue weighted by molar-refractivity contribution is -0.118. The topological polar surface area (TPSA) is 90.4 Å². The first-order chi connectivity index (χ1) is 15.1. The molecule has 0 saturated heterocycles. The van der Waals surface area contributed by atoms with Gasteiger partial charge in [-0.1, -0.05) is 41.3 Å². The summed E-state index contributed by atoms with van der Waals surface area (Å²) in [6.45, 7) is -0.0760. The minimum atomic E-state index is -0.358. The van der Waals surface area contributed by atoms with Gasteiger partial charge in [0.15, 0.2) is 10.9 Å². The van der Waals surface area contributed by atoms with Crippen LogP contribution in [0.15, 0.2) is 46.8 Å². The molecule has 0 radical (unpaired) electrons. The number of ether oxygens (including phenoxy) is 2. The summed E-state index contributed by atoms with van der Waals surface area (Å²) in [5, 5.41) is 11.3. The molecule has 0 fully saturated rings. The maximum absolute atomic E-state index is 12.2. The Bertz CT molecular complexity index is 1080. The van der Waals surface area contributed by atoms with Gasteiger partial charge in [-0.3, -0.25) is 10.1 Å². The zero-order valence-corrected chi connectivity index (χ0v) is 18.6. The highest BCUT2D eigenvalue weighted by Gasteiger charge is 2.13. The van der Waals surface area contributed by atoms with E-state index in [-0.39, 0.29) is 18.5 Å². The Morgan fingerprint density at radius 1 is 1.10 bits per heavy atom. The van der Waals surface area contributed by atoms with Gasteiger partial charge in [0.05, 0.1) is 12.7 Å². The van der Waals surface area contributed by atoms with Gasteiger partial charge in [-0.15, -0.1) is 10.2 Å². The van der Waals surface area contributed by atoms with Crippen LogP contribution >= 0.6 is 23.1 Å². The molecule has 0 saturated carbocycles. The molecule has 7 nitrogen and oxygen atoms in total. The lowest BCUT2D eigenvalue weighted by atomic mass is 10.1. The molecular weight excluding hydrogens is 434 g/mol. The monoisotopic (exact) mass is 455 g/mol. The first kappa shape index (κ1) is 21.3. The second-order valence-corrected chi connectivity index (χ2v) is 9.17. The number of methoxy groups -OCH3 is 1. The van der Waals surface area contributed by atoms with Crippen molar-refractivity contribution in [3.63, 3.8) is 0 Å². The van der Waals surface area contributed by atoms with Crippen molar-refractivity contribution in [2.45, 2.75) is 29.4 Å². The summed E-state index contributed by atoms with van der Waals surface area (Å²) < 4.78 is 11.1. The van der Waals surface area contributed by atoms with E-state index in [2.05, 4.69) is 21.6 Å². The Morgan fingerprint density at radius 3 is 2.71 bits per heavy atom. The molecule has 1 aliphatic carbocycles. The number of hydrogen-bond donors (Lipinski definition) is 1. The normalized spacial score (nSPS) is 12.3. The van der Waals surface area contributed by atoms with Crippen molar-refractivity contribution in [2.75, 3.05) is 19.0 Å². The second kappa shape index (κ2) is 9.93. The number of rotatable bonds is 8. The fourth-order valence-electron chi connectivity index (χ4n) is 3.26. The average molecular weight is 456 g/mol. The van der Waals surface area contributed by atoms with Crippen LogP contribution in [0.3, 0.4) is 0 Å². The SMILES string of the molecule is COC(=O)c1ccc(CSc2nnc(NC(=O)COc3ccc4c(c3)CCC4)s2)cc1. The first-order valence-electron chi connectivity index (χ1n) is 9.79. The summed E-state index contributed by atoms with van der Waals surface area (Å²) in [5.41, 5.74) is 4.24. The van der Waals surface area contributed by atoms with Crippen LogP contribution < -0.4 is 10.1 Å². The lowest BCUT2D eigenvalue weighted by Gasteiger charge is -2.07. The predicted octanol–water partition coefficient (Wildman–Crippen LogP) is 4.12. The van der Waals surface area contributed by atoms with E-state index >= 15 is 0 Å². The maximum Gasteiger partial charge on any atom is 0.337 e. The molecule has 2 aromatic carbocycles. The van der Waals surface area contributed by atoms with E-state index in [1.165, 1.54) is 47.8 Å². The van der Waals surface area contributed by atoms with Crippen LogP contribution in [0.1, 0.15) is 33.5 Å². The van der Waals surface area contributed by atoms with Gasteiger partial charge in [0.25, 0.3) is 5.91 Å². The van der Waals surface area contributed by atoms with Crippen molar-refractivity contribution in [3.05, 3.63) is 64.7 Å². The lowest BCUT2D eigenvalue weighted by Crippen LogP contribution is -2.20. The van der Waals surface area contributed by atoms with Crippen molar-refractivity contribution in [1.82, 2.24) is 10.2 Å². The van der Waals surface area contributed by atoms with Crippen molar-refractivity contribution < 1.29 is 19.1 Å². The second-order valence-electron chi connectivity index (χ2n) is 6.97. The zero-order valence-electron chi connectivity index (χ0n) is 16.9. The van der Waals surface area contributed by atoms with Crippen molar-refractivity contribution in [2.24, 2.45) is 0 Å². The minimum Gasteiger partial charge on any atom is -0.484 e. The molecule has 0 spiro atoms. The molecule has 31 heavy (non-hydrogen) atoms. The summed E-state index contributed by atoms with van der Waals surface area (Å²) >= 11 is 2.82. The van der Waals surface area contributed by atoms with Crippen LogP contribution in [0.5, 0.6) is 5.75 Å². The van der Waals surface area contributed by atoms with Crippen LogP contribution in [0.25, 0.3) is 0 Å². The number of esters is 1. The van der Waals surface area contributed by atoms with E-state index < -0.39 is 0 Å². The van der Waals surface area contributed by atoms with E-state index in [0.29, 0.717) is 22.2 Å². The highest BCUT2D eigenvalue weighted by atomic mass is 32.2. The van der Waals surface area contributed by atoms with Crippen LogP contribution in [0.2, 0.25) is 0 Å². The quantitative estimate of drug-likeness (QED) is 0.310. The van der Waals surface area contributed by atoms with E-state index in [0.717, 1.165) is 22.7 Å². The van der Waals surface area contributed by atoms with Crippen molar-refractivity contribution in [3.8, 4) is 5.75 Å². The summed E-state index contributed by atoms with van der Waals surface area (Å²) in [7, 11) is 1.36. The standard InChI is InChI=1S/C22H21N3O4S2/c1-28-20(27)16-7-5-14(6-8-16)13-30-22-25-24-21(31-22)23-19(26)12-29-18-10-9-15-3-2-4-17(15)11-18/h5-11H,2-4,12-13H2,1H3,(H,23,24,26). The molecule has 0 aliphatic heterocycles. The number of carbonyl (C=O) groups excluding carboxylic acids is 2. The average Bonchev–Trinajstić information content (AvgIpc) is 3.45. The third-order valence-electron chi connectivity index (χ3n) is 4.83. The largest absolute Gasteiger partial charge is 0.484 e. The van der Waals surface area contributed by atoms with Crippen LogP contribution in [-0.4, -0.2) is 35.8 Å². The van der Waals surface area contributed by atoms with Crippen LogP contribution in [-0.2, 0) is 28.1 Å². The number of carbonyl (C=O) groups is 2. The van der Waals surface area contributed by atoms with Gasteiger partial charge < -0.3 is 9.47 Å². The Hall–Kier alpha value is -2.91. The summed E-state index contributed by atoms with van der Waals surface area (Å²) in [6, 6.07) is 13.2. The molecule has 1 amide bonds. The Labute approximate surface area is 188 Å². The summed E-state index contributed by atoms with van der Waals surface area (Å²) in [4.78, 5) is 23.7. The first-order valence-corrected chi connectivity index (χ1v) is 11.6. The fraction of sp³-hybridized carbons (Fsp3) is 0.273. The van der Waals surface area contributed by atoms with Crippen LogP contribution in [0.4, 0.5) is 5.13 Å². The number of thioether (sulfide) groups is 1. The maximum atomic E-state index is 12.2. The van der Waals surface area contributed by atoms with Gasteiger partial charge in [-0.25, -0.2) is 4.79 Å². The van der Waals surface area contributed by atoms with E-state index in [1.54, 1.807) is 12.1 Å². The summed E-state index contributed by atoms with van der Waals surface area (Å²) in [5.74, 6) is 0.754. The van der Waals surface area contributed by atoms with Crippen molar-refractivity contribution in [1.29, 1.82) is 0 Å². The Morgan fingerprint density at radius 2 is 1.90 bits per heavy atom. The van der Waals surface area contributed by atoms with Gasteiger partial charge in [0, 0.05) is 5.75 Å². The molecular formula is C22H21N3O4S2. The number of benzene rings is 2. The highest BCUT2D eigenvalue weighted by Crippen LogP contribution is 2.29. The number of anilines is 1. The molecule has 1 N–H and O–H groups in total. The molecule has 1 heterocycles. The Kier molecular flexibility index (Phi) is 6.83. The molecule has 0 unspecified atom stereocenters. The summed E-state index contributed by atoms with van der Waals surface area (Å²) in [6.07, 6.45) is 3.36. The molecule has 1 aliphatic rings. The minimum absolute atomic E-state index is 0.0760. The molecule has 0 bridgehead atoms. The number of hydrogen-bond acceptors (Lipinski definition) is 8. The van der Waals surface area contributed by atoms with E-state index in [1.807, 2.05) is 24.3 Å². The molecule has 1 aromatic heterocycles. The number of aromatic nitrogens is 2. The third-order valence-corrected chi connectivity index (χ3v) is 6.87. The molecule has 0 atom stereocenters. The zero-order chi connectivity index (χ0) is 21.6. The molecule has 3 aromatic rings. The number of amides is 1. The van der Waals surface area contributed by atoms with Gasteiger partial charge >= 0.3 is 5.97 Å². The smallest absolute Gasteiger partial charge is 0.337 e. The van der Waals surface area contributed by atoms with E-state index in [4.69, 9.17) is 9.47 Å². The van der Waals surface area contributed by atoms with Crippen LogP contribution in [0, 0.1) is 0 Å². The fourth-order valence-corrected chi connectivity index (χ4v) is 4.98. The van der Waals surface area contributed by atoms with Gasteiger partial charge in [0.2, 0.25) is 5.13 Å². The highest BCUT2D eigenvalue weighted by molar-refractivity contribution is 8.00. The van der Waals surface area contributed by atoms with Gasteiger partial charge in [0.1, 0.15) is 5.75 Å². The number of nitrogens with one attached hydrogen (secondary N) is 1. The molecule has 160 valence electrons. The predicted molar refractivity (Wildman–Crippen MR) is 120 cm³/mol. The molecule has 9 heteroatoms. The number of aryl methyl sites for hydroxylation is 2. The third kappa shape index (κ3) is 5.62. The Balaban J connectivity index is 1.24. The van der Waals surface area contributed by atoms with Gasteiger partial charge in [-0.05, 0) is 60.2 Å². The van der Waals surface area contributed by atoms with Gasteiger partial charge in [-0.2, -0.15) is 0 Å². The molecule has 4 rings (SSSR count). The van der Waals surface area contributed by atoms with E-state index in [9.17, 15) is 9.59 Å². The number of nitrogens with zero attached hydrogens (tertiary/aromatic N) is 2. The van der Waals surface area contributed by atoms with Crippen molar-refractivity contribution >= 4 is 40.1 Å². The number of fused-ring (bicyclic) bond motifs is 1.